The highest BCUT2D eigenvalue weighted by Crippen LogP contribution is 2.33. The van der Waals surface area contributed by atoms with E-state index in [1.54, 1.807) is 6.07 Å². The van der Waals surface area contributed by atoms with Crippen LogP contribution in [0.4, 0.5) is 4.39 Å². The summed E-state index contributed by atoms with van der Waals surface area (Å²) < 4.78 is 13.2. The van der Waals surface area contributed by atoms with E-state index < -0.39 is 0 Å². The van der Waals surface area contributed by atoms with Crippen LogP contribution < -0.4 is 5.32 Å². The van der Waals surface area contributed by atoms with Crippen molar-refractivity contribution < 1.29 is 4.39 Å². The van der Waals surface area contributed by atoms with Crippen molar-refractivity contribution in [1.29, 1.82) is 0 Å². The van der Waals surface area contributed by atoms with Crippen molar-refractivity contribution in [3.05, 3.63) is 35.6 Å². The molecule has 1 saturated carbocycles. The van der Waals surface area contributed by atoms with Crippen LogP contribution in [-0.4, -0.2) is 13.1 Å². The fraction of sp³-hybridized carbons (Fsp3) is 0.625. The van der Waals surface area contributed by atoms with Gasteiger partial charge in [-0.1, -0.05) is 44.7 Å². The van der Waals surface area contributed by atoms with Gasteiger partial charge >= 0.3 is 0 Å². The predicted molar refractivity (Wildman–Crippen MR) is 74.1 cm³/mol. The topological polar surface area (TPSA) is 12.0 Å². The van der Waals surface area contributed by atoms with Gasteiger partial charge in [-0.2, -0.15) is 0 Å². The smallest absolute Gasteiger partial charge is 0.123 e. The lowest BCUT2D eigenvalue weighted by Crippen LogP contribution is -2.28. The molecular formula is C16H24FN. The molecule has 1 aromatic carbocycles. The quantitative estimate of drug-likeness (QED) is 0.809. The van der Waals surface area contributed by atoms with Gasteiger partial charge in [-0.3, -0.25) is 0 Å². The number of hydrogen-bond acceptors (Lipinski definition) is 1. The minimum absolute atomic E-state index is 0.110. The summed E-state index contributed by atoms with van der Waals surface area (Å²) in [7, 11) is 0. The van der Waals surface area contributed by atoms with E-state index in [1.165, 1.54) is 31.7 Å². The Morgan fingerprint density at radius 1 is 1.33 bits per heavy atom. The van der Waals surface area contributed by atoms with E-state index in [0.717, 1.165) is 31.0 Å². The number of rotatable bonds is 6. The molecule has 100 valence electrons. The van der Waals surface area contributed by atoms with E-state index in [1.807, 2.05) is 6.07 Å². The van der Waals surface area contributed by atoms with Gasteiger partial charge < -0.3 is 5.32 Å². The molecule has 0 saturated heterocycles. The summed E-state index contributed by atoms with van der Waals surface area (Å²) in [6, 6.07) is 7.09. The number of nitrogens with one attached hydrogen (secondary N) is 1. The molecule has 0 aromatic heterocycles. The summed E-state index contributed by atoms with van der Waals surface area (Å²) in [6.45, 7) is 4.23. The van der Waals surface area contributed by atoms with E-state index in [0.29, 0.717) is 5.92 Å². The summed E-state index contributed by atoms with van der Waals surface area (Å²) in [6.07, 6.45) is 6.46. The third-order valence-electron chi connectivity index (χ3n) is 4.11. The number of hydrogen-bond donors (Lipinski definition) is 1. The van der Waals surface area contributed by atoms with E-state index in [2.05, 4.69) is 18.3 Å². The van der Waals surface area contributed by atoms with Crippen LogP contribution >= 0.6 is 0 Å². The van der Waals surface area contributed by atoms with Crippen molar-refractivity contribution in [3.8, 4) is 0 Å². The molecule has 0 bridgehead atoms. The summed E-state index contributed by atoms with van der Waals surface area (Å²) >= 11 is 0. The number of halogens is 1. The Balaban J connectivity index is 1.99. The van der Waals surface area contributed by atoms with Crippen molar-refractivity contribution in [2.45, 2.75) is 39.0 Å². The van der Waals surface area contributed by atoms with E-state index in [4.69, 9.17) is 0 Å². The zero-order valence-corrected chi connectivity index (χ0v) is 11.3. The minimum atomic E-state index is -0.110. The van der Waals surface area contributed by atoms with Gasteiger partial charge in [0.05, 0.1) is 0 Å². The molecule has 1 N–H and O–H groups in total. The number of benzene rings is 1. The molecule has 1 aliphatic carbocycles. The van der Waals surface area contributed by atoms with Gasteiger partial charge in [0.15, 0.2) is 0 Å². The van der Waals surface area contributed by atoms with Crippen LogP contribution in [0.15, 0.2) is 24.3 Å². The third-order valence-corrected chi connectivity index (χ3v) is 4.11. The Labute approximate surface area is 110 Å². The normalized spacial score (nSPS) is 18.1. The first-order chi connectivity index (χ1) is 8.79. The van der Waals surface area contributed by atoms with E-state index in [9.17, 15) is 4.39 Å². The zero-order chi connectivity index (χ0) is 12.8. The highest BCUT2D eigenvalue weighted by molar-refractivity contribution is 5.17. The van der Waals surface area contributed by atoms with Gasteiger partial charge in [-0.05, 0) is 49.0 Å². The molecule has 1 atom stereocenters. The van der Waals surface area contributed by atoms with Crippen LogP contribution in [-0.2, 0) is 6.42 Å². The highest BCUT2D eigenvalue weighted by atomic mass is 19.1. The molecule has 1 unspecified atom stereocenters. The van der Waals surface area contributed by atoms with E-state index >= 15 is 0 Å². The average Bonchev–Trinajstić information content (AvgIpc) is 2.88. The maximum absolute atomic E-state index is 13.2. The van der Waals surface area contributed by atoms with Crippen molar-refractivity contribution in [3.63, 3.8) is 0 Å². The molecule has 1 nitrogen and oxygen atoms in total. The molecule has 0 radical (unpaired) electrons. The summed E-state index contributed by atoms with van der Waals surface area (Å²) in [5.41, 5.74) is 1.14. The van der Waals surface area contributed by atoms with Gasteiger partial charge in [0.25, 0.3) is 0 Å². The molecule has 1 aromatic rings. The van der Waals surface area contributed by atoms with Crippen molar-refractivity contribution >= 4 is 0 Å². The first-order valence-corrected chi connectivity index (χ1v) is 7.24. The van der Waals surface area contributed by atoms with Gasteiger partial charge in [-0.25, -0.2) is 4.39 Å². The minimum Gasteiger partial charge on any atom is -0.317 e. The summed E-state index contributed by atoms with van der Waals surface area (Å²) in [5.74, 6) is 1.38. The van der Waals surface area contributed by atoms with Crippen LogP contribution in [0, 0.1) is 17.7 Å². The SMILES string of the molecule is CCNCC(Cc1cccc(F)c1)C1CCCC1. The average molecular weight is 249 g/mol. The van der Waals surface area contributed by atoms with Gasteiger partial charge in [0.1, 0.15) is 5.82 Å². The lowest BCUT2D eigenvalue weighted by molar-refractivity contribution is 0.323. The molecular weight excluding hydrogens is 225 g/mol. The second-order valence-electron chi connectivity index (χ2n) is 5.45. The van der Waals surface area contributed by atoms with Crippen LogP contribution in [0.25, 0.3) is 0 Å². The van der Waals surface area contributed by atoms with Crippen molar-refractivity contribution in [2.24, 2.45) is 11.8 Å². The summed E-state index contributed by atoms with van der Waals surface area (Å²) in [5, 5.41) is 3.47. The Morgan fingerprint density at radius 2 is 2.11 bits per heavy atom. The molecule has 0 heterocycles. The zero-order valence-electron chi connectivity index (χ0n) is 11.3. The molecule has 18 heavy (non-hydrogen) atoms. The first-order valence-electron chi connectivity index (χ1n) is 7.24. The van der Waals surface area contributed by atoms with Crippen molar-refractivity contribution in [1.82, 2.24) is 5.32 Å². The lowest BCUT2D eigenvalue weighted by atomic mass is 9.85. The maximum atomic E-state index is 13.2. The molecule has 0 spiro atoms. The van der Waals surface area contributed by atoms with E-state index in [-0.39, 0.29) is 5.82 Å². The van der Waals surface area contributed by atoms with Crippen LogP contribution in [0.3, 0.4) is 0 Å². The fourth-order valence-electron chi connectivity index (χ4n) is 3.13. The van der Waals surface area contributed by atoms with Crippen LogP contribution in [0.2, 0.25) is 0 Å². The fourth-order valence-corrected chi connectivity index (χ4v) is 3.13. The van der Waals surface area contributed by atoms with Crippen LogP contribution in [0.1, 0.15) is 38.2 Å². The first kappa shape index (κ1) is 13.5. The Morgan fingerprint density at radius 3 is 2.78 bits per heavy atom. The van der Waals surface area contributed by atoms with Gasteiger partial charge in [0.2, 0.25) is 0 Å². The van der Waals surface area contributed by atoms with Crippen LogP contribution in [0.5, 0.6) is 0 Å². The Kier molecular flexibility index (Phi) is 5.18. The Hall–Kier alpha value is -0.890. The molecule has 2 heteroatoms. The molecule has 0 aliphatic heterocycles. The third kappa shape index (κ3) is 3.81. The van der Waals surface area contributed by atoms with Gasteiger partial charge in [0, 0.05) is 0 Å². The standard InChI is InChI=1S/C16H24FN/c1-2-18-12-15(14-7-3-4-8-14)10-13-6-5-9-16(17)11-13/h5-6,9,11,14-15,18H,2-4,7-8,10,12H2,1H3. The largest absolute Gasteiger partial charge is 0.317 e. The molecule has 0 amide bonds. The monoisotopic (exact) mass is 249 g/mol. The molecule has 1 fully saturated rings. The summed E-state index contributed by atoms with van der Waals surface area (Å²) in [4.78, 5) is 0. The maximum Gasteiger partial charge on any atom is 0.123 e. The lowest BCUT2D eigenvalue weighted by Gasteiger charge is -2.24. The van der Waals surface area contributed by atoms with Gasteiger partial charge in [-0.15, -0.1) is 0 Å². The second-order valence-corrected chi connectivity index (χ2v) is 5.45. The Bertz CT molecular complexity index is 358. The molecule has 1 aliphatic rings. The predicted octanol–water partition coefficient (Wildman–Crippen LogP) is 3.78. The second kappa shape index (κ2) is 6.89. The highest BCUT2D eigenvalue weighted by Gasteiger charge is 2.24. The molecule has 2 rings (SSSR count). The van der Waals surface area contributed by atoms with Crippen molar-refractivity contribution in [2.75, 3.05) is 13.1 Å².